The van der Waals surface area contributed by atoms with E-state index in [4.69, 9.17) is 21.6 Å². The fourth-order valence-corrected chi connectivity index (χ4v) is 1.64. The Kier molecular flexibility index (Phi) is 2.14. The van der Waals surface area contributed by atoms with Crippen LogP contribution < -0.4 is 4.74 Å². The Morgan fingerprint density at radius 1 is 1.50 bits per heavy atom. The molecule has 1 aromatic rings. The molecule has 0 atom stereocenters. The molecule has 1 aromatic carbocycles. The zero-order valence-corrected chi connectivity index (χ0v) is 7.97. The summed E-state index contributed by atoms with van der Waals surface area (Å²) >= 11 is 5.77. The molecule has 2 rings (SSSR count). The third-order valence-electron chi connectivity index (χ3n) is 2.05. The van der Waals surface area contributed by atoms with Crippen LogP contribution in [-0.4, -0.2) is 12.4 Å². The molecule has 0 saturated heterocycles. The molecule has 0 radical (unpaired) electrons. The molecular formula is C10H6ClNO2. The normalized spacial score (nSPS) is 14.1. The molecule has 70 valence electrons. The van der Waals surface area contributed by atoms with Gasteiger partial charge in [0.25, 0.3) is 0 Å². The molecule has 0 spiro atoms. The number of hydrogen-bond donors (Lipinski definition) is 0. The number of Topliss-reactive ketones (excluding diaryl/α,β-unsaturated/α-hetero) is 1. The van der Waals surface area contributed by atoms with Gasteiger partial charge < -0.3 is 4.74 Å². The fraction of sp³-hybridized carbons (Fsp3) is 0.200. The SMILES string of the molecule is N#Cc1cc(Cl)cc2c1OCCC2=O. The van der Waals surface area contributed by atoms with Crippen molar-refractivity contribution in [1.82, 2.24) is 0 Å². The maximum absolute atomic E-state index is 11.5. The zero-order chi connectivity index (χ0) is 10.1. The monoisotopic (exact) mass is 207 g/mol. The highest BCUT2D eigenvalue weighted by atomic mass is 35.5. The first-order valence-electron chi connectivity index (χ1n) is 4.12. The van der Waals surface area contributed by atoms with Crippen LogP contribution in [0, 0.1) is 11.3 Å². The van der Waals surface area contributed by atoms with Crippen molar-refractivity contribution in [1.29, 1.82) is 5.26 Å². The molecule has 0 aromatic heterocycles. The molecule has 0 fully saturated rings. The average molecular weight is 208 g/mol. The van der Waals surface area contributed by atoms with Gasteiger partial charge in [-0.1, -0.05) is 11.6 Å². The summed E-state index contributed by atoms with van der Waals surface area (Å²) in [6, 6.07) is 4.99. The van der Waals surface area contributed by atoms with Crippen molar-refractivity contribution in [3.63, 3.8) is 0 Å². The Balaban J connectivity index is 2.68. The van der Waals surface area contributed by atoms with Gasteiger partial charge in [0.1, 0.15) is 11.8 Å². The maximum atomic E-state index is 11.5. The van der Waals surface area contributed by atoms with Crippen molar-refractivity contribution in [3.05, 3.63) is 28.3 Å². The molecule has 0 bridgehead atoms. The van der Waals surface area contributed by atoms with Gasteiger partial charge in [-0.2, -0.15) is 5.26 Å². The lowest BCUT2D eigenvalue weighted by Gasteiger charge is -2.17. The number of halogens is 1. The number of fused-ring (bicyclic) bond motifs is 1. The van der Waals surface area contributed by atoms with Crippen molar-refractivity contribution in [3.8, 4) is 11.8 Å². The van der Waals surface area contributed by atoms with Crippen molar-refractivity contribution >= 4 is 17.4 Å². The predicted molar refractivity (Wildman–Crippen MR) is 50.6 cm³/mol. The summed E-state index contributed by atoms with van der Waals surface area (Å²) < 4.78 is 5.27. The van der Waals surface area contributed by atoms with Crippen LogP contribution in [0.3, 0.4) is 0 Å². The van der Waals surface area contributed by atoms with Crippen LogP contribution >= 0.6 is 11.6 Å². The van der Waals surface area contributed by atoms with Gasteiger partial charge in [-0.05, 0) is 12.1 Å². The smallest absolute Gasteiger partial charge is 0.170 e. The van der Waals surface area contributed by atoms with E-state index in [1.807, 2.05) is 6.07 Å². The zero-order valence-electron chi connectivity index (χ0n) is 7.21. The van der Waals surface area contributed by atoms with E-state index in [2.05, 4.69) is 0 Å². The molecule has 0 aliphatic carbocycles. The van der Waals surface area contributed by atoms with Crippen LogP contribution in [0.4, 0.5) is 0 Å². The Hall–Kier alpha value is -1.53. The lowest BCUT2D eigenvalue weighted by molar-refractivity contribution is 0.0933. The Labute approximate surface area is 85.9 Å². The number of nitriles is 1. The summed E-state index contributed by atoms with van der Waals surface area (Å²) in [5.41, 5.74) is 0.737. The number of benzene rings is 1. The summed E-state index contributed by atoms with van der Waals surface area (Å²) in [7, 11) is 0. The maximum Gasteiger partial charge on any atom is 0.170 e. The van der Waals surface area contributed by atoms with Gasteiger partial charge in [-0.3, -0.25) is 4.79 Å². The minimum atomic E-state index is -0.0229. The third kappa shape index (κ3) is 1.34. The first kappa shape index (κ1) is 9.04. The molecular weight excluding hydrogens is 202 g/mol. The minimum Gasteiger partial charge on any atom is -0.491 e. The number of carbonyl (C=O) groups is 1. The van der Waals surface area contributed by atoms with Gasteiger partial charge in [0.15, 0.2) is 5.78 Å². The van der Waals surface area contributed by atoms with Gasteiger partial charge in [0.2, 0.25) is 0 Å². The summed E-state index contributed by atoms with van der Waals surface area (Å²) in [6.07, 6.45) is 0.345. The second-order valence-electron chi connectivity index (χ2n) is 2.96. The van der Waals surface area contributed by atoms with Gasteiger partial charge in [-0.15, -0.1) is 0 Å². The van der Waals surface area contributed by atoms with Gasteiger partial charge in [-0.25, -0.2) is 0 Å². The first-order valence-corrected chi connectivity index (χ1v) is 4.50. The standard InChI is InChI=1S/C10H6ClNO2/c11-7-3-6(5-12)10-8(4-7)9(13)1-2-14-10/h3-4H,1-2H2. The highest BCUT2D eigenvalue weighted by Gasteiger charge is 2.22. The lowest BCUT2D eigenvalue weighted by Crippen LogP contribution is -2.16. The van der Waals surface area contributed by atoms with E-state index in [0.29, 0.717) is 34.9 Å². The molecule has 0 amide bonds. The third-order valence-corrected chi connectivity index (χ3v) is 2.27. The second-order valence-corrected chi connectivity index (χ2v) is 3.40. The minimum absolute atomic E-state index is 0.0229. The summed E-state index contributed by atoms with van der Waals surface area (Å²) in [4.78, 5) is 11.5. The van der Waals surface area contributed by atoms with E-state index in [9.17, 15) is 4.79 Å². The molecule has 14 heavy (non-hydrogen) atoms. The van der Waals surface area contributed by atoms with E-state index < -0.39 is 0 Å². The number of ketones is 1. The van der Waals surface area contributed by atoms with Crippen molar-refractivity contribution in [2.24, 2.45) is 0 Å². The molecule has 3 nitrogen and oxygen atoms in total. The number of carbonyl (C=O) groups excluding carboxylic acids is 1. The Bertz CT molecular complexity index is 448. The quantitative estimate of drug-likeness (QED) is 0.655. The first-order chi connectivity index (χ1) is 6.72. The van der Waals surface area contributed by atoms with Crippen LogP contribution in [0.2, 0.25) is 5.02 Å². The van der Waals surface area contributed by atoms with Gasteiger partial charge in [0, 0.05) is 11.4 Å². The molecule has 0 N–H and O–H groups in total. The molecule has 0 saturated carbocycles. The number of nitrogens with zero attached hydrogens (tertiary/aromatic N) is 1. The second kappa shape index (κ2) is 3.32. The van der Waals surface area contributed by atoms with Gasteiger partial charge >= 0.3 is 0 Å². The highest BCUT2D eigenvalue weighted by Crippen LogP contribution is 2.31. The van der Waals surface area contributed by atoms with Crippen LogP contribution in [0.25, 0.3) is 0 Å². The van der Waals surface area contributed by atoms with E-state index in [0.717, 1.165) is 0 Å². The largest absolute Gasteiger partial charge is 0.491 e. The number of rotatable bonds is 0. The Morgan fingerprint density at radius 2 is 2.29 bits per heavy atom. The van der Waals surface area contributed by atoms with Crippen LogP contribution in [0.5, 0.6) is 5.75 Å². The molecule has 0 unspecified atom stereocenters. The number of ether oxygens (including phenoxy) is 1. The van der Waals surface area contributed by atoms with Crippen LogP contribution in [-0.2, 0) is 0 Å². The fourth-order valence-electron chi connectivity index (χ4n) is 1.42. The van der Waals surface area contributed by atoms with Crippen LogP contribution in [0.1, 0.15) is 22.3 Å². The van der Waals surface area contributed by atoms with Crippen molar-refractivity contribution in [2.45, 2.75) is 6.42 Å². The van der Waals surface area contributed by atoms with E-state index in [1.54, 1.807) is 6.07 Å². The van der Waals surface area contributed by atoms with E-state index in [-0.39, 0.29) is 5.78 Å². The van der Waals surface area contributed by atoms with Gasteiger partial charge in [0.05, 0.1) is 17.7 Å². The highest BCUT2D eigenvalue weighted by molar-refractivity contribution is 6.31. The van der Waals surface area contributed by atoms with Crippen LogP contribution in [0.15, 0.2) is 12.1 Å². The predicted octanol–water partition coefficient (Wildman–Crippen LogP) is 2.18. The van der Waals surface area contributed by atoms with Crippen molar-refractivity contribution in [2.75, 3.05) is 6.61 Å². The topological polar surface area (TPSA) is 50.1 Å². The van der Waals surface area contributed by atoms with Crippen molar-refractivity contribution < 1.29 is 9.53 Å². The summed E-state index contributed by atoms with van der Waals surface area (Å²) in [5.74, 6) is 0.346. The molecule has 1 heterocycles. The molecule has 1 aliphatic heterocycles. The lowest BCUT2D eigenvalue weighted by atomic mass is 10.0. The summed E-state index contributed by atoms with van der Waals surface area (Å²) in [5, 5.41) is 9.19. The molecule has 4 heteroatoms. The number of hydrogen-bond acceptors (Lipinski definition) is 3. The van der Waals surface area contributed by atoms with E-state index in [1.165, 1.54) is 6.07 Å². The summed E-state index contributed by atoms with van der Waals surface area (Å²) in [6.45, 7) is 0.335. The molecule has 1 aliphatic rings. The Morgan fingerprint density at radius 3 is 3.00 bits per heavy atom. The van der Waals surface area contributed by atoms with E-state index >= 15 is 0 Å². The average Bonchev–Trinajstić information content (AvgIpc) is 2.18.